The normalized spacial score (nSPS) is 22.3. The summed E-state index contributed by atoms with van der Waals surface area (Å²) in [6, 6.07) is 6.87. The van der Waals surface area contributed by atoms with Crippen molar-refractivity contribution in [2.45, 2.75) is 31.7 Å². The highest BCUT2D eigenvalue weighted by atomic mass is 35.5. The fraction of sp³-hybridized carbons (Fsp3) is 0.462. The molecular weight excluding hydrogens is 252 g/mol. The van der Waals surface area contributed by atoms with Crippen molar-refractivity contribution in [3.8, 4) is 5.75 Å². The Morgan fingerprint density at radius 1 is 1.39 bits per heavy atom. The molecule has 100 valence electrons. The highest BCUT2D eigenvalue weighted by Gasteiger charge is 2.26. The zero-order valence-corrected chi connectivity index (χ0v) is 11.0. The van der Waals surface area contributed by atoms with E-state index in [2.05, 4.69) is 5.32 Å². The molecule has 1 aromatic rings. The summed E-state index contributed by atoms with van der Waals surface area (Å²) in [7, 11) is 0. The van der Waals surface area contributed by atoms with Crippen LogP contribution in [0.1, 0.15) is 25.7 Å². The minimum absolute atomic E-state index is 0. The van der Waals surface area contributed by atoms with Crippen LogP contribution in [0.15, 0.2) is 24.3 Å². The van der Waals surface area contributed by atoms with E-state index in [9.17, 15) is 9.90 Å². The predicted octanol–water partition coefficient (Wildman–Crippen LogP) is 2.27. The van der Waals surface area contributed by atoms with Gasteiger partial charge in [-0.05, 0) is 30.9 Å². The Labute approximate surface area is 113 Å². The average molecular weight is 271 g/mol. The van der Waals surface area contributed by atoms with Crippen LogP contribution in [0.3, 0.4) is 0 Å². The summed E-state index contributed by atoms with van der Waals surface area (Å²) in [5, 5.41) is 12.2. The molecule has 1 aliphatic carbocycles. The summed E-state index contributed by atoms with van der Waals surface area (Å²) in [6.45, 7) is 0. The maximum atomic E-state index is 11.8. The van der Waals surface area contributed by atoms with Crippen molar-refractivity contribution in [1.29, 1.82) is 0 Å². The number of nitrogens with one attached hydrogen (secondary N) is 1. The summed E-state index contributed by atoms with van der Waals surface area (Å²) < 4.78 is 0. The van der Waals surface area contributed by atoms with Crippen LogP contribution in [0.25, 0.3) is 0 Å². The summed E-state index contributed by atoms with van der Waals surface area (Å²) in [6.07, 6.45) is 3.58. The van der Waals surface area contributed by atoms with Crippen LogP contribution in [0.2, 0.25) is 0 Å². The zero-order valence-electron chi connectivity index (χ0n) is 10.1. The van der Waals surface area contributed by atoms with Gasteiger partial charge in [0.25, 0.3) is 0 Å². The number of carbonyl (C=O) groups is 1. The number of aromatic hydroxyl groups is 1. The van der Waals surface area contributed by atoms with Crippen molar-refractivity contribution in [3.05, 3.63) is 24.3 Å². The van der Waals surface area contributed by atoms with E-state index < -0.39 is 0 Å². The molecular formula is C13H19ClN2O2. The molecule has 5 heteroatoms. The second kappa shape index (κ2) is 6.61. The van der Waals surface area contributed by atoms with Gasteiger partial charge in [0.15, 0.2) is 0 Å². The first-order valence-electron chi connectivity index (χ1n) is 6.00. The Hall–Kier alpha value is -1.26. The zero-order chi connectivity index (χ0) is 12.3. The number of amides is 1. The molecule has 0 heterocycles. The monoisotopic (exact) mass is 270 g/mol. The third kappa shape index (κ3) is 3.62. The molecule has 0 radical (unpaired) electrons. The fourth-order valence-corrected chi connectivity index (χ4v) is 2.34. The van der Waals surface area contributed by atoms with Crippen LogP contribution in [0, 0.1) is 5.92 Å². The van der Waals surface area contributed by atoms with Crippen LogP contribution in [-0.2, 0) is 4.79 Å². The van der Waals surface area contributed by atoms with E-state index in [0.717, 1.165) is 19.3 Å². The molecule has 0 spiro atoms. The van der Waals surface area contributed by atoms with Crippen LogP contribution in [-0.4, -0.2) is 17.1 Å². The summed E-state index contributed by atoms with van der Waals surface area (Å²) in [4.78, 5) is 11.8. The Kier molecular flexibility index (Phi) is 5.44. The van der Waals surface area contributed by atoms with Gasteiger partial charge in [-0.25, -0.2) is 0 Å². The van der Waals surface area contributed by atoms with Gasteiger partial charge in [-0.3, -0.25) is 4.79 Å². The first-order valence-corrected chi connectivity index (χ1v) is 6.00. The maximum Gasteiger partial charge on any atom is 0.224 e. The molecule has 18 heavy (non-hydrogen) atoms. The molecule has 2 atom stereocenters. The molecule has 0 aromatic heterocycles. The SMILES string of the molecule is Cl.N[C@@H]1CCC[C@H]1CC(=O)Nc1ccccc1O. The van der Waals surface area contributed by atoms with Gasteiger partial charge in [-0.15, -0.1) is 12.4 Å². The number of carbonyl (C=O) groups excluding carboxylic acids is 1. The van der Waals surface area contributed by atoms with Gasteiger partial charge in [-0.1, -0.05) is 18.6 Å². The molecule has 0 saturated heterocycles. The number of hydrogen-bond donors (Lipinski definition) is 3. The molecule has 1 fully saturated rings. The Morgan fingerprint density at radius 2 is 2.11 bits per heavy atom. The quantitative estimate of drug-likeness (QED) is 0.738. The second-order valence-corrected chi connectivity index (χ2v) is 4.62. The molecule has 1 aliphatic rings. The van der Waals surface area contributed by atoms with Gasteiger partial charge in [0.2, 0.25) is 5.91 Å². The lowest BCUT2D eigenvalue weighted by Crippen LogP contribution is -2.28. The van der Waals surface area contributed by atoms with Crippen molar-refractivity contribution in [3.63, 3.8) is 0 Å². The van der Waals surface area contributed by atoms with Crippen molar-refractivity contribution in [2.75, 3.05) is 5.32 Å². The van der Waals surface area contributed by atoms with E-state index in [4.69, 9.17) is 5.73 Å². The predicted molar refractivity (Wildman–Crippen MR) is 73.9 cm³/mol. The summed E-state index contributed by atoms with van der Waals surface area (Å²) in [5.41, 5.74) is 6.38. The van der Waals surface area contributed by atoms with Crippen molar-refractivity contribution >= 4 is 24.0 Å². The second-order valence-electron chi connectivity index (χ2n) is 4.62. The number of halogens is 1. The third-order valence-electron chi connectivity index (χ3n) is 3.34. The highest BCUT2D eigenvalue weighted by Crippen LogP contribution is 2.28. The number of rotatable bonds is 3. The van der Waals surface area contributed by atoms with Crippen LogP contribution >= 0.6 is 12.4 Å². The van der Waals surface area contributed by atoms with E-state index in [-0.39, 0.29) is 36.0 Å². The van der Waals surface area contributed by atoms with E-state index >= 15 is 0 Å². The van der Waals surface area contributed by atoms with Crippen molar-refractivity contribution < 1.29 is 9.90 Å². The number of anilines is 1. The Bertz CT molecular complexity index is 412. The molecule has 1 amide bonds. The lowest BCUT2D eigenvalue weighted by molar-refractivity contribution is -0.117. The number of nitrogens with two attached hydrogens (primary N) is 1. The number of phenolic OH excluding ortho intramolecular Hbond substituents is 1. The van der Waals surface area contributed by atoms with Crippen LogP contribution < -0.4 is 11.1 Å². The molecule has 4 N–H and O–H groups in total. The van der Waals surface area contributed by atoms with Gasteiger partial charge in [0.05, 0.1) is 5.69 Å². The fourth-order valence-electron chi connectivity index (χ4n) is 2.34. The minimum atomic E-state index is -0.0751. The molecule has 0 bridgehead atoms. The molecule has 0 aliphatic heterocycles. The number of hydrogen-bond acceptors (Lipinski definition) is 3. The standard InChI is InChI=1S/C13H18N2O2.ClH/c14-10-5-3-4-9(10)8-13(17)15-11-6-1-2-7-12(11)16;/h1-2,6-7,9-10,16H,3-5,8,14H2,(H,15,17);1H/t9-,10+;/m0./s1. The van der Waals surface area contributed by atoms with Crippen molar-refractivity contribution in [2.24, 2.45) is 11.7 Å². The highest BCUT2D eigenvalue weighted by molar-refractivity contribution is 5.92. The van der Waals surface area contributed by atoms with E-state index in [1.807, 2.05) is 0 Å². The van der Waals surface area contributed by atoms with E-state index in [0.29, 0.717) is 12.1 Å². The maximum absolute atomic E-state index is 11.8. The first-order chi connectivity index (χ1) is 8.16. The van der Waals surface area contributed by atoms with Gasteiger partial charge < -0.3 is 16.2 Å². The molecule has 1 aromatic carbocycles. The summed E-state index contributed by atoms with van der Waals surface area (Å²) in [5.74, 6) is 0.297. The van der Waals surface area contributed by atoms with Crippen LogP contribution in [0.4, 0.5) is 5.69 Å². The largest absolute Gasteiger partial charge is 0.506 e. The lowest BCUT2D eigenvalue weighted by atomic mass is 10.00. The Balaban J connectivity index is 0.00000162. The van der Waals surface area contributed by atoms with Gasteiger partial charge >= 0.3 is 0 Å². The Morgan fingerprint density at radius 3 is 2.72 bits per heavy atom. The first kappa shape index (κ1) is 14.8. The van der Waals surface area contributed by atoms with E-state index in [1.165, 1.54) is 0 Å². The third-order valence-corrected chi connectivity index (χ3v) is 3.34. The molecule has 1 saturated carbocycles. The molecule has 4 nitrogen and oxygen atoms in total. The van der Waals surface area contributed by atoms with Gasteiger partial charge in [0.1, 0.15) is 5.75 Å². The van der Waals surface area contributed by atoms with E-state index in [1.54, 1.807) is 24.3 Å². The number of para-hydroxylation sites is 2. The van der Waals surface area contributed by atoms with Crippen LogP contribution in [0.5, 0.6) is 5.75 Å². The number of phenols is 1. The van der Waals surface area contributed by atoms with Gasteiger partial charge in [0, 0.05) is 12.5 Å². The lowest BCUT2D eigenvalue weighted by Gasteiger charge is -2.15. The smallest absolute Gasteiger partial charge is 0.224 e. The number of benzene rings is 1. The topological polar surface area (TPSA) is 75.4 Å². The average Bonchev–Trinajstić information content (AvgIpc) is 2.68. The van der Waals surface area contributed by atoms with Gasteiger partial charge in [-0.2, -0.15) is 0 Å². The van der Waals surface area contributed by atoms with Crippen molar-refractivity contribution in [1.82, 2.24) is 0 Å². The molecule has 0 unspecified atom stereocenters. The summed E-state index contributed by atoms with van der Waals surface area (Å²) >= 11 is 0. The molecule has 2 rings (SSSR count). The minimum Gasteiger partial charge on any atom is -0.506 e.